The third kappa shape index (κ3) is 4.39. The maximum absolute atomic E-state index is 14.1. The number of fused-ring (bicyclic) bond motifs is 1. The van der Waals surface area contributed by atoms with E-state index in [0.717, 1.165) is 19.3 Å². The molecule has 5 atom stereocenters. The van der Waals surface area contributed by atoms with Gasteiger partial charge < -0.3 is 24.4 Å². The summed E-state index contributed by atoms with van der Waals surface area (Å²) < 4.78 is 12.1. The molecule has 3 rings (SSSR count). The molecule has 2 bridgehead atoms. The van der Waals surface area contributed by atoms with Crippen molar-refractivity contribution in [1.29, 1.82) is 0 Å². The van der Waals surface area contributed by atoms with Crippen molar-refractivity contribution < 1.29 is 29.0 Å². The number of aliphatic hydroxyl groups excluding tert-OH is 1. The van der Waals surface area contributed by atoms with Crippen LogP contribution in [0.3, 0.4) is 0 Å². The van der Waals surface area contributed by atoms with Crippen molar-refractivity contribution in [2.75, 3.05) is 32.8 Å². The summed E-state index contributed by atoms with van der Waals surface area (Å²) >= 11 is 0. The number of likely N-dealkylation sites (tertiary alicyclic amines) is 1. The summed E-state index contributed by atoms with van der Waals surface area (Å²) in [5, 5.41) is 9.29. The summed E-state index contributed by atoms with van der Waals surface area (Å²) in [7, 11) is 0. The Bertz CT molecular complexity index is 772. The minimum absolute atomic E-state index is 0.0235. The number of rotatable bonds is 14. The maximum Gasteiger partial charge on any atom is 0.312 e. The Morgan fingerprint density at radius 1 is 1.24 bits per heavy atom. The molecule has 3 heterocycles. The van der Waals surface area contributed by atoms with Crippen LogP contribution < -0.4 is 0 Å². The number of aliphatic hydroxyl groups is 1. The van der Waals surface area contributed by atoms with Gasteiger partial charge in [-0.1, -0.05) is 32.8 Å². The molecule has 1 N–H and O–H groups in total. The highest BCUT2D eigenvalue weighted by molar-refractivity contribution is 5.98. The van der Waals surface area contributed by atoms with E-state index in [4.69, 9.17) is 9.47 Å². The van der Waals surface area contributed by atoms with Crippen LogP contribution in [0.25, 0.3) is 0 Å². The van der Waals surface area contributed by atoms with E-state index >= 15 is 0 Å². The van der Waals surface area contributed by atoms with Crippen LogP contribution in [0.15, 0.2) is 12.7 Å². The highest BCUT2D eigenvalue weighted by atomic mass is 16.6. The van der Waals surface area contributed by atoms with E-state index in [1.807, 2.05) is 6.92 Å². The fourth-order valence-corrected chi connectivity index (χ4v) is 6.40. The van der Waals surface area contributed by atoms with E-state index in [9.17, 15) is 19.5 Å². The third-order valence-corrected chi connectivity index (χ3v) is 7.96. The first-order chi connectivity index (χ1) is 16.4. The standard InChI is InChI=1S/C26H42N2O6/c1-5-9-10-16-27(15-6-2)23(31)21-26-14-13-25(7-3,34-26)20(24(32)33-8-4)19(26)22(30)28(21)17-11-12-18-29/h6,19-21,29H,2,5,7-18H2,1,3-4H3/t19-,20+,21?,25-,26?/m0/s1. The van der Waals surface area contributed by atoms with Gasteiger partial charge in [0.25, 0.3) is 0 Å². The molecule has 0 radical (unpaired) electrons. The van der Waals surface area contributed by atoms with Crippen LogP contribution in [0.1, 0.15) is 72.1 Å². The molecule has 3 aliphatic rings. The van der Waals surface area contributed by atoms with Crippen LogP contribution in [-0.4, -0.2) is 82.8 Å². The van der Waals surface area contributed by atoms with Crippen molar-refractivity contribution in [2.24, 2.45) is 11.8 Å². The number of hydrogen-bond acceptors (Lipinski definition) is 6. The molecular weight excluding hydrogens is 436 g/mol. The topological polar surface area (TPSA) is 96.4 Å². The largest absolute Gasteiger partial charge is 0.466 e. The Morgan fingerprint density at radius 2 is 2.00 bits per heavy atom. The van der Waals surface area contributed by atoms with Crippen molar-refractivity contribution in [1.82, 2.24) is 9.80 Å². The SMILES string of the molecule is C=CCN(CCCCC)C(=O)C1N(CCCCO)C(=O)[C@@H]2[C@H](C(=O)OCC)[C@]3(CC)CCC12O3. The van der Waals surface area contributed by atoms with Gasteiger partial charge in [0.15, 0.2) is 0 Å². The van der Waals surface area contributed by atoms with Crippen LogP contribution in [-0.2, 0) is 23.9 Å². The quantitative estimate of drug-likeness (QED) is 0.234. The molecule has 8 nitrogen and oxygen atoms in total. The zero-order chi connectivity index (χ0) is 24.9. The van der Waals surface area contributed by atoms with Crippen LogP contribution in [0.2, 0.25) is 0 Å². The Labute approximate surface area is 203 Å². The van der Waals surface area contributed by atoms with Gasteiger partial charge in [0.2, 0.25) is 11.8 Å². The second-order valence-electron chi connectivity index (χ2n) is 9.83. The molecule has 34 heavy (non-hydrogen) atoms. The number of ether oxygens (including phenoxy) is 2. The van der Waals surface area contributed by atoms with Gasteiger partial charge in [-0.15, -0.1) is 6.58 Å². The van der Waals surface area contributed by atoms with Gasteiger partial charge in [-0.25, -0.2) is 0 Å². The van der Waals surface area contributed by atoms with Gasteiger partial charge >= 0.3 is 5.97 Å². The fraction of sp³-hybridized carbons (Fsp3) is 0.808. The predicted octanol–water partition coefficient (Wildman–Crippen LogP) is 2.68. The Balaban J connectivity index is 2.01. The molecule has 3 aliphatic heterocycles. The number of carbonyl (C=O) groups excluding carboxylic acids is 3. The lowest BCUT2D eigenvalue weighted by Crippen LogP contribution is -2.56. The molecule has 3 saturated heterocycles. The molecule has 0 aromatic rings. The van der Waals surface area contributed by atoms with Crippen molar-refractivity contribution in [3.05, 3.63) is 12.7 Å². The van der Waals surface area contributed by atoms with Crippen molar-refractivity contribution in [3.63, 3.8) is 0 Å². The fourth-order valence-electron chi connectivity index (χ4n) is 6.40. The molecule has 0 aromatic carbocycles. The van der Waals surface area contributed by atoms with Gasteiger partial charge in [-0.2, -0.15) is 0 Å². The molecule has 1 spiro atoms. The number of unbranched alkanes of at least 4 members (excludes halogenated alkanes) is 3. The number of carbonyl (C=O) groups is 3. The van der Waals surface area contributed by atoms with E-state index in [2.05, 4.69) is 13.5 Å². The monoisotopic (exact) mass is 478 g/mol. The zero-order valence-corrected chi connectivity index (χ0v) is 21.1. The van der Waals surface area contributed by atoms with Gasteiger partial charge in [0, 0.05) is 26.2 Å². The molecular formula is C26H42N2O6. The lowest BCUT2D eigenvalue weighted by Gasteiger charge is -2.37. The lowest BCUT2D eigenvalue weighted by molar-refractivity contribution is -0.161. The number of hydrogen-bond donors (Lipinski definition) is 1. The van der Waals surface area contributed by atoms with Crippen LogP contribution >= 0.6 is 0 Å². The van der Waals surface area contributed by atoms with Crippen LogP contribution in [0.4, 0.5) is 0 Å². The van der Waals surface area contributed by atoms with Gasteiger partial charge in [-0.05, 0) is 45.4 Å². The molecule has 2 amide bonds. The first kappa shape index (κ1) is 26.7. The normalized spacial score (nSPS) is 31.6. The summed E-state index contributed by atoms with van der Waals surface area (Å²) in [5.41, 5.74) is -1.79. The summed E-state index contributed by atoms with van der Waals surface area (Å²) in [6, 6.07) is -0.780. The summed E-state index contributed by atoms with van der Waals surface area (Å²) in [6.07, 6.45) is 7.54. The van der Waals surface area contributed by atoms with Crippen LogP contribution in [0.5, 0.6) is 0 Å². The van der Waals surface area contributed by atoms with E-state index in [1.54, 1.807) is 22.8 Å². The Kier molecular flexibility index (Phi) is 8.79. The molecule has 192 valence electrons. The first-order valence-electron chi connectivity index (χ1n) is 13.0. The third-order valence-electron chi connectivity index (χ3n) is 7.96. The van der Waals surface area contributed by atoms with E-state index in [0.29, 0.717) is 51.7 Å². The minimum atomic E-state index is -1.02. The van der Waals surface area contributed by atoms with Crippen molar-refractivity contribution >= 4 is 17.8 Å². The Morgan fingerprint density at radius 3 is 2.62 bits per heavy atom. The number of amides is 2. The summed E-state index contributed by atoms with van der Waals surface area (Å²) in [6.45, 7) is 11.3. The van der Waals surface area contributed by atoms with E-state index < -0.39 is 35.0 Å². The van der Waals surface area contributed by atoms with Gasteiger partial charge in [0.1, 0.15) is 17.6 Å². The summed E-state index contributed by atoms with van der Waals surface area (Å²) in [4.78, 5) is 44.5. The van der Waals surface area contributed by atoms with Crippen molar-refractivity contribution in [2.45, 2.75) is 89.4 Å². The second kappa shape index (κ2) is 11.2. The number of nitrogens with zero attached hydrogens (tertiary/aromatic N) is 2. The zero-order valence-electron chi connectivity index (χ0n) is 21.1. The molecule has 8 heteroatoms. The molecule has 0 saturated carbocycles. The average Bonchev–Trinajstić information content (AvgIpc) is 3.42. The highest BCUT2D eigenvalue weighted by Crippen LogP contribution is 2.64. The maximum atomic E-state index is 14.1. The Hall–Kier alpha value is -1.93. The molecule has 0 aliphatic carbocycles. The van der Waals surface area contributed by atoms with Gasteiger partial charge in [0.05, 0.1) is 18.1 Å². The van der Waals surface area contributed by atoms with Gasteiger partial charge in [-0.3, -0.25) is 14.4 Å². The van der Waals surface area contributed by atoms with Crippen molar-refractivity contribution in [3.8, 4) is 0 Å². The molecule has 3 fully saturated rings. The first-order valence-corrected chi connectivity index (χ1v) is 13.0. The lowest BCUT2D eigenvalue weighted by atomic mass is 9.65. The number of esters is 1. The second-order valence-corrected chi connectivity index (χ2v) is 9.83. The van der Waals surface area contributed by atoms with E-state index in [1.165, 1.54) is 0 Å². The molecule has 2 unspecified atom stereocenters. The smallest absolute Gasteiger partial charge is 0.312 e. The van der Waals surface area contributed by atoms with E-state index in [-0.39, 0.29) is 25.0 Å². The highest BCUT2D eigenvalue weighted by Gasteiger charge is 2.79. The predicted molar refractivity (Wildman–Crippen MR) is 128 cm³/mol. The summed E-state index contributed by atoms with van der Waals surface area (Å²) in [5.74, 6) is -2.16. The average molecular weight is 479 g/mol. The molecule has 0 aromatic heterocycles. The van der Waals surface area contributed by atoms with Crippen LogP contribution in [0, 0.1) is 11.8 Å². The minimum Gasteiger partial charge on any atom is -0.466 e.